The highest BCUT2D eigenvalue weighted by molar-refractivity contribution is 6.03. The van der Waals surface area contributed by atoms with E-state index < -0.39 is 5.91 Å². The number of phenolic OH excluding ortho intramolecular Hbond substituents is 2. The number of hydrogen-bond donors (Lipinski definition) is 4. The predicted molar refractivity (Wildman–Crippen MR) is 109 cm³/mol. The number of hydrogen-bond acceptors (Lipinski definition) is 10. The molecular weight excluding hydrogens is 404 g/mol. The Labute approximate surface area is 174 Å². The van der Waals surface area contributed by atoms with Crippen LogP contribution in [0.15, 0.2) is 58.3 Å². The number of hydrazone groups is 1. The molecule has 2 heterocycles. The fourth-order valence-electron chi connectivity index (χ4n) is 2.85. The highest BCUT2D eigenvalue weighted by Gasteiger charge is 2.25. The molecule has 0 aliphatic heterocycles. The molecule has 0 unspecified atom stereocenters. The Morgan fingerprint density at radius 3 is 2.61 bits per heavy atom. The molecule has 0 bridgehead atoms. The molecule has 0 aliphatic rings. The average molecular weight is 420 g/mol. The summed E-state index contributed by atoms with van der Waals surface area (Å²) in [5.74, 6) is -0.869. The summed E-state index contributed by atoms with van der Waals surface area (Å²) < 4.78 is 5.88. The Hall–Kier alpha value is -4.74. The van der Waals surface area contributed by atoms with E-state index in [0.29, 0.717) is 22.5 Å². The van der Waals surface area contributed by atoms with Crippen molar-refractivity contribution in [1.29, 1.82) is 0 Å². The lowest BCUT2D eigenvalue weighted by Crippen LogP contribution is -2.21. The zero-order valence-electron chi connectivity index (χ0n) is 16.1. The van der Waals surface area contributed by atoms with Gasteiger partial charge in [0.25, 0.3) is 5.91 Å². The van der Waals surface area contributed by atoms with Gasteiger partial charge in [0.2, 0.25) is 11.6 Å². The minimum atomic E-state index is -0.655. The molecule has 156 valence electrons. The van der Waals surface area contributed by atoms with Gasteiger partial charge in [0, 0.05) is 17.2 Å². The number of nitrogen functional groups attached to an aromatic ring is 1. The highest BCUT2D eigenvalue weighted by Crippen LogP contribution is 2.26. The maximum Gasteiger partial charge on any atom is 0.294 e. The lowest BCUT2D eigenvalue weighted by atomic mass is 10.1. The molecule has 0 radical (unpaired) electrons. The molecule has 0 aliphatic carbocycles. The summed E-state index contributed by atoms with van der Waals surface area (Å²) in [5.41, 5.74) is 9.70. The molecule has 1 amide bonds. The van der Waals surface area contributed by atoms with Crippen molar-refractivity contribution in [2.24, 2.45) is 5.10 Å². The number of rotatable bonds is 5. The fourth-order valence-corrected chi connectivity index (χ4v) is 2.85. The molecule has 12 heteroatoms. The minimum Gasteiger partial charge on any atom is -0.508 e. The number of nitrogens with two attached hydrogens (primary N) is 1. The van der Waals surface area contributed by atoms with Crippen molar-refractivity contribution in [3.8, 4) is 28.6 Å². The smallest absolute Gasteiger partial charge is 0.294 e. The second-order valence-electron chi connectivity index (χ2n) is 6.38. The van der Waals surface area contributed by atoms with Crippen LogP contribution in [0.3, 0.4) is 0 Å². The van der Waals surface area contributed by atoms with E-state index in [1.54, 1.807) is 31.2 Å². The summed E-state index contributed by atoms with van der Waals surface area (Å²) in [5, 5.41) is 38.6. The summed E-state index contributed by atoms with van der Waals surface area (Å²) in [6.45, 7) is 1.59. The molecule has 4 aromatic rings. The summed E-state index contributed by atoms with van der Waals surface area (Å²) >= 11 is 0. The number of anilines is 1. The summed E-state index contributed by atoms with van der Waals surface area (Å²) in [7, 11) is 0. The van der Waals surface area contributed by atoms with Crippen LogP contribution in [-0.2, 0) is 0 Å². The van der Waals surface area contributed by atoms with E-state index >= 15 is 0 Å². The van der Waals surface area contributed by atoms with E-state index in [1.165, 1.54) is 22.9 Å². The van der Waals surface area contributed by atoms with E-state index in [1.807, 2.05) is 6.07 Å². The van der Waals surface area contributed by atoms with E-state index in [4.69, 9.17) is 5.73 Å². The van der Waals surface area contributed by atoms with Crippen molar-refractivity contribution in [3.05, 3.63) is 59.8 Å². The standard InChI is InChI=1S/C19H16N8O4/c1-10(13-8-7-12(28)9-14(13)29)21-23-19(30)15-16(11-5-3-2-4-6-11)27(26-22-15)18-17(20)24-31-25-18/h2-9,28-29H,1H3,(H2,20,24)(H,23,30)/b21-10+. The number of carbonyl (C=O) groups excluding carboxylic acids is 1. The number of amides is 1. The van der Waals surface area contributed by atoms with Gasteiger partial charge in [-0.05, 0) is 29.4 Å². The molecule has 31 heavy (non-hydrogen) atoms. The lowest BCUT2D eigenvalue weighted by molar-refractivity contribution is 0.0950. The number of aromatic hydroxyl groups is 2. The van der Waals surface area contributed by atoms with Gasteiger partial charge in [-0.3, -0.25) is 4.79 Å². The number of nitrogens with zero attached hydrogens (tertiary/aromatic N) is 6. The SMILES string of the molecule is C/C(=N\NC(=O)c1nnn(-c2nonc2N)c1-c1ccccc1)c1ccc(O)cc1O. The monoisotopic (exact) mass is 420 g/mol. The molecule has 4 rings (SSSR count). The third-order valence-electron chi connectivity index (χ3n) is 4.33. The van der Waals surface area contributed by atoms with Gasteiger partial charge in [0.05, 0.1) is 5.71 Å². The maximum atomic E-state index is 12.9. The van der Waals surface area contributed by atoms with Crippen LogP contribution < -0.4 is 11.2 Å². The van der Waals surface area contributed by atoms with Gasteiger partial charge in [0.15, 0.2) is 5.69 Å². The van der Waals surface area contributed by atoms with Crippen LogP contribution in [0.5, 0.6) is 11.5 Å². The van der Waals surface area contributed by atoms with Crippen molar-refractivity contribution in [1.82, 2.24) is 30.7 Å². The normalized spacial score (nSPS) is 11.5. The van der Waals surface area contributed by atoms with Gasteiger partial charge in [0.1, 0.15) is 17.2 Å². The number of benzene rings is 2. The Morgan fingerprint density at radius 1 is 1.16 bits per heavy atom. The first-order valence-corrected chi connectivity index (χ1v) is 8.92. The Bertz CT molecular complexity index is 1280. The van der Waals surface area contributed by atoms with E-state index in [2.05, 4.69) is 35.8 Å². The molecule has 0 atom stereocenters. The molecule has 0 saturated heterocycles. The zero-order chi connectivity index (χ0) is 22.0. The van der Waals surface area contributed by atoms with E-state index in [-0.39, 0.29) is 28.8 Å². The van der Waals surface area contributed by atoms with Gasteiger partial charge < -0.3 is 15.9 Å². The van der Waals surface area contributed by atoms with Crippen molar-refractivity contribution in [2.45, 2.75) is 6.92 Å². The largest absolute Gasteiger partial charge is 0.508 e. The summed E-state index contributed by atoms with van der Waals surface area (Å²) in [6.07, 6.45) is 0. The summed E-state index contributed by atoms with van der Waals surface area (Å²) in [4.78, 5) is 12.9. The van der Waals surface area contributed by atoms with Gasteiger partial charge in [-0.15, -0.1) is 5.10 Å². The maximum absolute atomic E-state index is 12.9. The Morgan fingerprint density at radius 2 is 1.94 bits per heavy atom. The molecule has 0 fully saturated rings. The van der Waals surface area contributed by atoms with Crippen LogP contribution in [-0.4, -0.2) is 47.1 Å². The van der Waals surface area contributed by atoms with Crippen molar-refractivity contribution >= 4 is 17.4 Å². The zero-order valence-corrected chi connectivity index (χ0v) is 16.1. The summed E-state index contributed by atoms with van der Waals surface area (Å²) in [6, 6.07) is 13.0. The average Bonchev–Trinajstić information content (AvgIpc) is 3.38. The van der Waals surface area contributed by atoms with Crippen molar-refractivity contribution in [3.63, 3.8) is 0 Å². The first-order chi connectivity index (χ1) is 15.0. The number of aromatic nitrogens is 5. The van der Waals surface area contributed by atoms with E-state index in [0.717, 1.165) is 0 Å². The molecule has 2 aromatic heterocycles. The molecule has 0 spiro atoms. The van der Waals surface area contributed by atoms with Crippen molar-refractivity contribution < 1.29 is 19.6 Å². The van der Waals surface area contributed by atoms with Crippen LogP contribution in [0.2, 0.25) is 0 Å². The fraction of sp³-hybridized carbons (Fsp3) is 0.0526. The molecular formula is C19H16N8O4. The predicted octanol–water partition coefficient (Wildman–Crippen LogP) is 1.46. The van der Waals surface area contributed by atoms with Gasteiger partial charge in [-0.2, -0.15) is 9.78 Å². The molecule has 0 saturated carbocycles. The third-order valence-corrected chi connectivity index (χ3v) is 4.33. The van der Waals surface area contributed by atoms with Crippen LogP contribution in [0.4, 0.5) is 5.82 Å². The van der Waals surface area contributed by atoms with Crippen LogP contribution >= 0.6 is 0 Å². The second kappa shape index (κ2) is 7.94. The molecule has 5 N–H and O–H groups in total. The third kappa shape index (κ3) is 3.76. The quantitative estimate of drug-likeness (QED) is 0.275. The number of nitrogens with one attached hydrogen (secondary N) is 1. The van der Waals surface area contributed by atoms with Gasteiger partial charge in [-0.1, -0.05) is 35.5 Å². The molecule has 2 aromatic carbocycles. The topological polar surface area (TPSA) is 178 Å². The Balaban J connectivity index is 1.70. The lowest BCUT2D eigenvalue weighted by Gasteiger charge is -2.07. The first kappa shape index (κ1) is 19.6. The number of phenols is 2. The highest BCUT2D eigenvalue weighted by atomic mass is 16.6. The first-order valence-electron chi connectivity index (χ1n) is 8.92. The second-order valence-corrected chi connectivity index (χ2v) is 6.38. The molecule has 12 nitrogen and oxygen atoms in total. The van der Waals surface area contributed by atoms with Gasteiger partial charge >= 0.3 is 0 Å². The van der Waals surface area contributed by atoms with E-state index in [9.17, 15) is 15.0 Å². The number of carbonyl (C=O) groups is 1. The van der Waals surface area contributed by atoms with Crippen LogP contribution in [0.1, 0.15) is 23.0 Å². The van der Waals surface area contributed by atoms with Crippen LogP contribution in [0, 0.1) is 0 Å². The van der Waals surface area contributed by atoms with Crippen LogP contribution in [0.25, 0.3) is 17.1 Å². The minimum absolute atomic E-state index is 0.0225. The van der Waals surface area contributed by atoms with Gasteiger partial charge in [-0.25, -0.2) is 10.1 Å². The Kier molecular flexibility index (Phi) is 5.02. The van der Waals surface area contributed by atoms with Crippen molar-refractivity contribution in [2.75, 3.05) is 5.73 Å².